The normalized spacial score (nSPS) is 18.9. The zero-order valence-electron chi connectivity index (χ0n) is 16.2. The van der Waals surface area contributed by atoms with E-state index in [1.54, 1.807) is 6.92 Å². The third kappa shape index (κ3) is 4.22. The molecule has 6 heteroatoms. The van der Waals surface area contributed by atoms with Crippen LogP contribution in [0.3, 0.4) is 0 Å². The molecule has 0 spiro atoms. The number of imide groups is 1. The van der Waals surface area contributed by atoms with E-state index in [-0.39, 0.29) is 12.5 Å². The quantitative estimate of drug-likeness (QED) is 0.726. The maximum atomic E-state index is 12.8. The Morgan fingerprint density at radius 3 is 2.46 bits per heavy atom. The van der Waals surface area contributed by atoms with Crippen LogP contribution in [0.25, 0.3) is 0 Å². The minimum absolute atomic E-state index is 0.302. The van der Waals surface area contributed by atoms with Crippen molar-refractivity contribution in [2.75, 3.05) is 11.9 Å². The number of amides is 4. The molecule has 1 atom stereocenters. The SMILES string of the molecule is CCc1ccccc1NC(=O)CN1C(=O)N[C@@](C)(CCc2ccccc2)C1=O. The Hall–Kier alpha value is -3.15. The molecule has 3 rings (SSSR count). The van der Waals surface area contributed by atoms with Crippen LogP contribution in [0.2, 0.25) is 0 Å². The average molecular weight is 379 g/mol. The lowest BCUT2D eigenvalue weighted by Crippen LogP contribution is -2.45. The summed E-state index contributed by atoms with van der Waals surface area (Å²) in [4.78, 5) is 38.6. The van der Waals surface area contributed by atoms with Crippen molar-refractivity contribution in [1.29, 1.82) is 0 Å². The molecule has 1 aliphatic heterocycles. The number of carbonyl (C=O) groups excluding carboxylic acids is 3. The first-order chi connectivity index (χ1) is 13.4. The number of hydrogen-bond acceptors (Lipinski definition) is 3. The first-order valence-corrected chi connectivity index (χ1v) is 9.49. The molecule has 4 amide bonds. The van der Waals surface area contributed by atoms with Crippen molar-refractivity contribution in [3.63, 3.8) is 0 Å². The van der Waals surface area contributed by atoms with Crippen molar-refractivity contribution < 1.29 is 14.4 Å². The van der Waals surface area contributed by atoms with Crippen LogP contribution in [0.4, 0.5) is 10.5 Å². The second-order valence-electron chi connectivity index (χ2n) is 7.20. The Kier molecular flexibility index (Phi) is 5.78. The van der Waals surface area contributed by atoms with Gasteiger partial charge in [-0.1, -0.05) is 55.5 Å². The Labute approximate surface area is 164 Å². The van der Waals surface area contributed by atoms with E-state index in [9.17, 15) is 14.4 Å². The Balaban J connectivity index is 1.63. The lowest BCUT2D eigenvalue weighted by Gasteiger charge is -2.21. The van der Waals surface area contributed by atoms with Crippen LogP contribution in [0.15, 0.2) is 54.6 Å². The van der Waals surface area contributed by atoms with Gasteiger partial charge in [0.05, 0.1) is 0 Å². The van der Waals surface area contributed by atoms with Crippen molar-refractivity contribution in [3.05, 3.63) is 65.7 Å². The van der Waals surface area contributed by atoms with Crippen LogP contribution in [0, 0.1) is 0 Å². The minimum atomic E-state index is -1.01. The molecule has 2 aromatic rings. The second kappa shape index (κ2) is 8.25. The zero-order chi connectivity index (χ0) is 20.1. The highest BCUT2D eigenvalue weighted by Gasteiger charge is 2.47. The maximum Gasteiger partial charge on any atom is 0.325 e. The van der Waals surface area contributed by atoms with Gasteiger partial charge in [-0.25, -0.2) is 4.79 Å². The molecule has 146 valence electrons. The maximum absolute atomic E-state index is 12.8. The lowest BCUT2D eigenvalue weighted by atomic mass is 9.93. The van der Waals surface area contributed by atoms with Crippen molar-refractivity contribution >= 4 is 23.5 Å². The number of hydrogen-bond donors (Lipinski definition) is 2. The zero-order valence-corrected chi connectivity index (χ0v) is 16.2. The number of anilines is 1. The van der Waals surface area contributed by atoms with Gasteiger partial charge in [0, 0.05) is 5.69 Å². The summed E-state index contributed by atoms with van der Waals surface area (Å²) in [6.07, 6.45) is 1.91. The summed E-state index contributed by atoms with van der Waals surface area (Å²) in [5, 5.41) is 5.55. The highest BCUT2D eigenvalue weighted by atomic mass is 16.2. The number of nitrogens with one attached hydrogen (secondary N) is 2. The number of para-hydroxylation sites is 1. The molecule has 0 aliphatic carbocycles. The van der Waals surface area contributed by atoms with Crippen molar-refractivity contribution in [2.24, 2.45) is 0 Å². The Bertz CT molecular complexity index is 882. The number of carbonyl (C=O) groups is 3. The molecule has 2 N–H and O–H groups in total. The van der Waals surface area contributed by atoms with Gasteiger partial charge in [-0.15, -0.1) is 0 Å². The van der Waals surface area contributed by atoms with Gasteiger partial charge in [-0.05, 0) is 43.4 Å². The molecule has 0 bridgehead atoms. The van der Waals surface area contributed by atoms with Gasteiger partial charge in [0.15, 0.2) is 0 Å². The fourth-order valence-electron chi connectivity index (χ4n) is 3.38. The third-order valence-corrected chi connectivity index (χ3v) is 5.08. The van der Waals surface area contributed by atoms with Crippen LogP contribution < -0.4 is 10.6 Å². The van der Waals surface area contributed by atoms with Gasteiger partial charge in [0.25, 0.3) is 5.91 Å². The van der Waals surface area contributed by atoms with Crippen molar-refractivity contribution in [2.45, 2.75) is 38.6 Å². The number of benzene rings is 2. The van der Waals surface area contributed by atoms with E-state index in [0.717, 1.165) is 22.4 Å². The van der Waals surface area contributed by atoms with E-state index in [2.05, 4.69) is 10.6 Å². The first-order valence-electron chi connectivity index (χ1n) is 9.49. The summed E-state index contributed by atoms with van der Waals surface area (Å²) in [6.45, 7) is 3.41. The molecule has 1 heterocycles. The molecule has 1 aliphatic rings. The van der Waals surface area contributed by atoms with Gasteiger partial charge >= 0.3 is 6.03 Å². The molecule has 1 fully saturated rings. The van der Waals surface area contributed by atoms with E-state index >= 15 is 0 Å². The van der Waals surface area contributed by atoms with Gasteiger partial charge in [-0.2, -0.15) is 0 Å². The highest BCUT2D eigenvalue weighted by molar-refractivity contribution is 6.10. The van der Waals surface area contributed by atoms with Gasteiger partial charge in [0.2, 0.25) is 5.91 Å². The first kappa shape index (κ1) is 19.6. The summed E-state index contributed by atoms with van der Waals surface area (Å²) in [6, 6.07) is 16.8. The molecule has 1 saturated heterocycles. The van der Waals surface area contributed by atoms with E-state index in [1.165, 1.54) is 0 Å². The van der Waals surface area contributed by atoms with Crippen LogP contribution in [-0.2, 0) is 22.4 Å². The molecular formula is C22H25N3O3. The molecule has 2 aromatic carbocycles. The summed E-state index contributed by atoms with van der Waals surface area (Å²) in [5.74, 6) is -0.760. The molecule has 28 heavy (non-hydrogen) atoms. The van der Waals surface area contributed by atoms with Crippen LogP contribution in [0.1, 0.15) is 31.4 Å². The average Bonchev–Trinajstić information content (AvgIpc) is 2.91. The summed E-state index contributed by atoms with van der Waals surface area (Å²) in [7, 11) is 0. The minimum Gasteiger partial charge on any atom is -0.324 e. The molecule has 6 nitrogen and oxygen atoms in total. The molecule has 0 unspecified atom stereocenters. The molecular weight excluding hydrogens is 354 g/mol. The van der Waals surface area contributed by atoms with Gasteiger partial charge in [0.1, 0.15) is 12.1 Å². The molecule has 0 radical (unpaired) electrons. The monoisotopic (exact) mass is 379 g/mol. The van der Waals surface area contributed by atoms with Crippen LogP contribution in [0.5, 0.6) is 0 Å². The lowest BCUT2D eigenvalue weighted by molar-refractivity contribution is -0.133. The highest BCUT2D eigenvalue weighted by Crippen LogP contribution is 2.23. The van der Waals surface area contributed by atoms with Gasteiger partial charge < -0.3 is 10.6 Å². The molecule has 0 aromatic heterocycles. The number of aryl methyl sites for hydroxylation is 2. The third-order valence-electron chi connectivity index (χ3n) is 5.08. The van der Waals surface area contributed by atoms with E-state index in [4.69, 9.17) is 0 Å². The fraction of sp³-hybridized carbons (Fsp3) is 0.318. The Morgan fingerprint density at radius 1 is 1.07 bits per heavy atom. The standard InChI is InChI=1S/C22H25N3O3/c1-3-17-11-7-8-12-18(17)23-19(26)15-25-20(27)22(2,24-21(25)28)14-13-16-9-5-4-6-10-16/h4-12H,3,13-15H2,1-2H3,(H,23,26)(H,24,28)/t22-/m0/s1. The predicted octanol–water partition coefficient (Wildman–Crippen LogP) is 3.13. The van der Waals surface area contributed by atoms with Gasteiger partial charge in [-0.3, -0.25) is 14.5 Å². The summed E-state index contributed by atoms with van der Waals surface area (Å²) >= 11 is 0. The number of urea groups is 1. The summed E-state index contributed by atoms with van der Waals surface area (Å²) < 4.78 is 0. The number of nitrogens with zero attached hydrogens (tertiary/aromatic N) is 1. The van der Waals surface area contributed by atoms with Crippen LogP contribution >= 0.6 is 0 Å². The smallest absolute Gasteiger partial charge is 0.324 e. The van der Waals surface area contributed by atoms with E-state index in [0.29, 0.717) is 18.5 Å². The molecule has 0 saturated carbocycles. The van der Waals surface area contributed by atoms with E-state index in [1.807, 2.05) is 61.5 Å². The second-order valence-corrected chi connectivity index (χ2v) is 7.20. The van der Waals surface area contributed by atoms with Crippen LogP contribution in [-0.4, -0.2) is 34.8 Å². The topological polar surface area (TPSA) is 78.5 Å². The largest absolute Gasteiger partial charge is 0.325 e. The number of rotatable bonds is 7. The fourth-order valence-corrected chi connectivity index (χ4v) is 3.38. The van der Waals surface area contributed by atoms with E-state index < -0.39 is 17.5 Å². The van der Waals surface area contributed by atoms with Crippen molar-refractivity contribution in [1.82, 2.24) is 10.2 Å². The Morgan fingerprint density at radius 2 is 1.75 bits per heavy atom. The predicted molar refractivity (Wildman–Crippen MR) is 108 cm³/mol. The van der Waals surface area contributed by atoms with Crippen molar-refractivity contribution in [3.8, 4) is 0 Å². The summed E-state index contributed by atoms with van der Waals surface area (Å²) in [5.41, 5.74) is 1.79.